The van der Waals surface area contributed by atoms with E-state index in [1.807, 2.05) is 0 Å². The Morgan fingerprint density at radius 3 is 2.65 bits per heavy atom. The quantitative estimate of drug-likeness (QED) is 0.328. The van der Waals surface area contributed by atoms with Crippen LogP contribution in [0.1, 0.15) is 24.7 Å². The van der Waals surface area contributed by atoms with Crippen molar-refractivity contribution in [1.82, 2.24) is 18.7 Å². The summed E-state index contributed by atoms with van der Waals surface area (Å²) in [5.41, 5.74) is 0.108. The minimum Gasteiger partial charge on any atom is -0.406 e. The lowest BCUT2D eigenvalue weighted by atomic mass is 10.1. The summed E-state index contributed by atoms with van der Waals surface area (Å²) in [6.45, 7) is 5.30. The highest BCUT2D eigenvalue weighted by Gasteiger charge is 2.31. The number of alkyl halides is 3. The summed E-state index contributed by atoms with van der Waals surface area (Å²) >= 11 is 0. The van der Waals surface area contributed by atoms with E-state index in [2.05, 4.69) is 21.3 Å². The summed E-state index contributed by atoms with van der Waals surface area (Å²) in [4.78, 5) is 35.2. The summed E-state index contributed by atoms with van der Waals surface area (Å²) in [5.74, 6) is -0.0436. The van der Waals surface area contributed by atoms with Crippen LogP contribution in [-0.2, 0) is 26.6 Å². The second-order valence-electron chi connectivity index (χ2n) is 8.40. The highest BCUT2D eigenvalue weighted by Crippen LogP contribution is 2.25. The van der Waals surface area contributed by atoms with Gasteiger partial charge in [0.05, 0.1) is 18.4 Å². The zero-order valence-corrected chi connectivity index (χ0v) is 20.7. The molecule has 1 N–H and O–H groups in total. The number of hydrogen-bond donors (Lipinski definition) is 1. The largest absolute Gasteiger partial charge is 0.573 e. The number of aromatic nitrogens is 4. The summed E-state index contributed by atoms with van der Waals surface area (Å²) in [7, 11) is 3.06. The smallest absolute Gasteiger partial charge is 0.406 e. The molecule has 0 aliphatic carbocycles. The van der Waals surface area contributed by atoms with E-state index in [0.717, 1.165) is 4.57 Å². The molecule has 2 heterocycles. The summed E-state index contributed by atoms with van der Waals surface area (Å²) in [6.07, 6.45) is -0.376. The molecule has 1 unspecified atom stereocenters. The Labute approximate surface area is 210 Å². The molecule has 0 amide bonds. The van der Waals surface area contributed by atoms with Gasteiger partial charge in [-0.2, -0.15) is 0 Å². The van der Waals surface area contributed by atoms with Crippen molar-refractivity contribution in [3.05, 3.63) is 81.3 Å². The number of imidazole rings is 1. The van der Waals surface area contributed by atoms with Gasteiger partial charge in [-0.25, -0.2) is 9.78 Å². The molecule has 0 saturated carbocycles. The molecule has 1 aromatic carbocycles. The van der Waals surface area contributed by atoms with E-state index < -0.39 is 23.7 Å². The van der Waals surface area contributed by atoms with Crippen molar-refractivity contribution in [2.75, 3.05) is 7.05 Å². The minimum absolute atomic E-state index is 0.00153. The normalized spacial score (nSPS) is 13.4. The second-order valence-corrected chi connectivity index (χ2v) is 8.40. The van der Waals surface area contributed by atoms with Gasteiger partial charge in [0.2, 0.25) is 0 Å². The zero-order chi connectivity index (χ0) is 27.3. The van der Waals surface area contributed by atoms with Crippen LogP contribution in [0.5, 0.6) is 5.75 Å². The SMILES string of the molecule is C=C/C=C\C(Cn1c(Cc2cccc(OC(F)(F)F)c2)nc2c1c(=O)n(CCC(C)O)c(=O)n2C)=N/C. The zero-order valence-electron chi connectivity index (χ0n) is 20.7. The number of aliphatic imine (C=N–C) groups is 1. The highest BCUT2D eigenvalue weighted by molar-refractivity contribution is 5.95. The molecule has 0 bridgehead atoms. The van der Waals surface area contributed by atoms with Gasteiger partial charge in [0.25, 0.3) is 5.56 Å². The predicted molar refractivity (Wildman–Crippen MR) is 134 cm³/mol. The van der Waals surface area contributed by atoms with E-state index in [1.165, 1.54) is 29.8 Å². The fourth-order valence-corrected chi connectivity index (χ4v) is 3.81. The van der Waals surface area contributed by atoms with Gasteiger partial charge in [0, 0.05) is 27.1 Å². The van der Waals surface area contributed by atoms with Crippen LogP contribution in [0, 0.1) is 0 Å². The van der Waals surface area contributed by atoms with Gasteiger partial charge in [-0.05, 0) is 37.1 Å². The molecule has 12 heteroatoms. The number of ether oxygens (including phenoxy) is 1. The fraction of sp³-hybridized carbons (Fsp3) is 0.360. The third-order valence-electron chi connectivity index (χ3n) is 5.61. The van der Waals surface area contributed by atoms with Crippen molar-refractivity contribution in [2.45, 2.75) is 45.3 Å². The van der Waals surface area contributed by atoms with Crippen molar-refractivity contribution >= 4 is 16.9 Å². The van der Waals surface area contributed by atoms with E-state index in [4.69, 9.17) is 0 Å². The van der Waals surface area contributed by atoms with Gasteiger partial charge in [-0.1, -0.05) is 30.9 Å². The molecule has 2 aromatic heterocycles. The van der Waals surface area contributed by atoms with E-state index in [1.54, 1.807) is 42.8 Å². The van der Waals surface area contributed by atoms with Gasteiger partial charge in [0.1, 0.15) is 11.6 Å². The van der Waals surface area contributed by atoms with Gasteiger partial charge in [-0.15, -0.1) is 13.2 Å². The van der Waals surface area contributed by atoms with Crippen LogP contribution >= 0.6 is 0 Å². The maximum Gasteiger partial charge on any atom is 0.573 e. The van der Waals surface area contributed by atoms with Crippen LogP contribution in [0.2, 0.25) is 0 Å². The van der Waals surface area contributed by atoms with Gasteiger partial charge in [0.15, 0.2) is 11.2 Å². The molecular weight excluding hydrogens is 491 g/mol. The van der Waals surface area contributed by atoms with E-state index in [9.17, 15) is 27.9 Å². The summed E-state index contributed by atoms with van der Waals surface area (Å²) < 4.78 is 46.1. The molecular formula is C25H28F3N5O4. The lowest BCUT2D eigenvalue weighted by Crippen LogP contribution is -2.40. The number of fused-ring (bicyclic) bond motifs is 1. The lowest BCUT2D eigenvalue weighted by molar-refractivity contribution is -0.274. The Hall–Kier alpha value is -3.93. The van der Waals surface area contributed by atoms with Crippen molar-refractivity contribution in [1.29, 1.82) is 0 Å². The Morgan fingerprint density at radius 2 is 2.03 bits per heavy atom. The topological polar surface area (TPSA) is 104 Å². The first-order valence-corrected chi connectivity index (χ1v) is 11.4. The molecule has 0 aliphatic rings. The van der Waals surface area contributed by atoms with Crippen LogP contribution in [0.25, 0.3) is 11.2 Å². The number of aliphatic hydroxyl groups is 1. The molecule has 0 spiro atoms. The van der Waals surface area contributed by atoms with Crippen molar-refractivity contribution < 1.29 is 23.0 Å². The van der Waals surface area contributed by atoms with Crippen molar-refractivity contribution in [3.63, 3.8) is 0 Å². The maximum absolute atomic E-state index is 13.5. The molecule has 0 fully saturated rings. The van der Waals surface area contributed by atoms with Gasteiger partial charge >= 0.3 is 12.1 Å². The highest BCUT2D eigenvalue weighted by atomic mass is 19.4. The van der Waals surface area contributed by atoms with Gasteiger partial charge in [-0.3, -0.25) is 18.9 Å². The van der Waals surface area contributed by atoms with Crippen LogP contribution in [-0.4, -0.2) is 49.0 Å². The van der Waals surface area contributed by atoms with Crippen LogP contribution in [0.4, 0.5) is 13.2 Å². The number of halogens is 3. The molecule has 3 aromatic rings. The average Bonchev–Trinajstić information content (AvgIpc) is 3.17. The molecule has 1 atom stereocenters. The van der Waals surface area contributed by atoms with E-state index in [0.29, 0.717) is 17.1 Å². The van der Waals surface area contributed by atoms with Crippen LogP contribution in [0.3, 0.4) is 0 Å². The number of aryl methyl sites for hydroxylation is 1. The first kappa shape index (κ1) is 27.7. The number of hydrogen-bond acceptors (Lipinski definition) is 6. The Balaban J connectivity index is 2.21. The lowest BCUT2D eigenvalue weighted by Gasteiger charge is -2.12. The molecule has 37 heavy (non-hydrogen) atoms. The summed E-state index contributed by atoms with van der Waals surface area (Å²) in [6, 6.07) is 5.46. The fourth-order valence-electron chi connectivity index (χ4n) is 3.81. The number of aliphatic hydroxyl groups excluding tert-OH is 1. The van der Waals surface area contributed by atoms with Crippen molar-refractivity contribution in [2.24, 2.45) is 12.0 Å². The summed E-state index contributed by atoms with van der Waals surface area (Å²) in [5, 5.41) is 9.67. The standard InChI is InChI=1S/C25H28F3N5O4/c1-5-6-9-18(29-3)15-33-20(14-17-8-7-10-19(13-17)37-25(26,27)28)30-22-21(33)23(35)32(12-11-16(2)34)24(36)31(22)4/h5-10,13,16,34H,1,11-12,14-15H2,2-4H3/b9-6-,29-18+. The second kappa shape index (κ2) is 11.4. The Kier molecular flexibility index (Phi) is 8.53. The minimum atomic E-state index is -4.84. The van der Waals surface area contributed by atoms with E-state index in [-0.39, 0.29) is 42.8 Å². The number of allylic oxidation sites excluding steroid dienone is 3. The van der Waals surface area contributed by atoms with Crippen molar-refractivity contribution in [3.8, 4) is 5.75 Å². The number of benzene rings is 1. The number of nitrogens with zero attached hydrogens (tertiary/aromatic N) is 5. The van der Waals surface area contributed by atoms with Crippen LogP contribution < -0.4 is 16.0 Å². The Morgan fingerprint density at radius 1 is 1.30 bits per heavy atom. The number of rotatable bonds is 10. The first-order chi connectivity index (χ1) is 17.4. The third kappa shape index (κ3) is 6.64. The molecule has 9 nitrogen and oxygen atoms in total. The van der Waals surface area contributed by atoms with Crippen LogP contribution in [0.15, 0.2) is 63.7 Å². The molecule has 3 rings (SSSR count). The molecule has 0 saturated heterocycles. The molecule has 198 valence electrons. The average molecular weight is 520 g/mol. The predicted octanol–water partition coefficient (Wildman–Crippen LogP) is 2.97. The maximum atomic E-state index is 13.5. The first-order valence-electron chi connectivity index (χ1n) is 11.4. The van der Waals surface area contributed by atoms with Gasteiger partial charge < -0.3 is 14.4 Å². The Bertz CT molecular complexity index is 1460. The monoisotopic (exact) mass is 519 g/mol. The molecule has 0 aliphatic heterocycles. The van der Waals surface area contributed by atoms with E-state index >= 15 is 0 Å². The third-order valence-corrected chi connectivity index (χ3v) is 5.61. The molecule has 0 radical (unpaired) electrons.